The van der Waals surface area contributed by atoms with Crippen LogP contribution in [-0.4, -0.2) is 18.3 Å². The Balaban J connectivity index is 1.97. The maximum absolute atomic E-state index is 9.16. The molecule has 2 rings (SSSR count). The second kappa shape index (κ2) is 6.16. The maximum atomic E-state index is 9.16. The van der Waals surface area contributed by atoms with Crippen LogP contribution < -0.4 is 9.47 Å². The van der Waals surface area contributed by atoms with Gasteiger partial charge in [-0.25, -0.2) is 0 Å². The van der Waals surface area contributed by atoms with Crippen molar-refractivity contribution in [1.82, 2.24) is 4.57 Å². The summed E-state index contributed by atoms with van der Waals surface area (Å²) in [5.41, 5.74) is 2.80. The molecule has 0 fully saturated rings. The zero-order valence-electron chi connectivity index (χ0n) is 12.0. The molecule has 4 heteroatoms. The van der Waals surface area contributed by atoms with E-state index in [0.717, 1.165) is 22.8 Å². The number of hydrogen-bond acceptors (Lipinski definition) is 3. The molecule has 0 amide bonds. The fourth-order valence-electron chi connectivity index (χ4n) is 2.21. The Bertz CT molecular complexity index is 621. The molecular formula is C16H18N2O2. The molecule has 2 aromatic rings. The van der Waals surface area contributed by atoms with Crippen molar-refractivity contribution in [3.63, 3.8) is 0 Å². The summed E-state index contributed by atoms with van der Waals surface area (Å²) in [7, 11) is 1.64. The van der Waals surface area contributed by atoms with Gasteiger partial charge in [-0.05, 0) is 49.7 Å². The zero-order chi connectivity index (χ0) is 14.5. The number of nitrogens with zero attached hydrogens (tertiary/aromatic N) is 2. The van der Waals surface area contributed by atoms with E-state index in [0.29, 0.717) is 18.8 Å². The third-order valence-electron chi connectivity index (χ3n) is 3.24. The number of rotatable bonds is 5. The number of ether oxygens (including phenoxy) is 2. The molecule has 0 N–H and O–H groups in total. The van der Waals surface area contributed by atoms with Gasteiger partial charge in [0, 0.05) is 5.69 Å². The molecule has 20 heavy (non-hydrogen) atoms. The highest BCUT2D eigenvalue weighted by molar-refractivity contribution is 5.35. The lowest BCUT2D eigenvalue weighted by atomic mass is 10.3. The van der Waals surface area contributed by atoms with Crippen LogP contribution in [0.15, 0.2) is 30.3 Å². The van der Waals surface area contributed by atoms with Crippen molar-refractivity contribution in [1.29, 1.82) is 5.26 Å². The Morgan fingerprint density at radius 1 is 1.15 bits per heavy atom. The normalized spacial score (nSPS) is 10.1. The molecule has 0 unspecified atom stereocenters. The predicted molar refractivity (Wildman–Crippen MR) is 77.1 cm³/mol. The lowest BCUT2D eigenvalue weighted by Gasteiger charge is -2.10. The van der Waals surface area contributed by atoms with E-state index in [1.165, 1.54) is 0 Å². The van der Waals surface area contributed by atoms with E-state index in [4.69, 9.17) is 14.7 Å². The first-order valence-corrected chi connectivity index (χ1v) is 6.49. The molecule has 0 aliphatic rings. The van der Waals surface area contributed by atoms with E-state index >= 15 is 0 Å². The molecule has 0 radical (unpaired) electrons. The van der Waals surface area contributed by atoms with Gasteiger partial charge in [0.2, 0.25) is 0 Å². The van der Waals surface area contributed by atoms with Crippen molar-refractivity contribution in [3.8, 4) is 17.6 Å². The van der Waals surface area contributed by atoms with Crippen LogP contribution in [-0.2, 0) is 6.54 Å². The van der Waals surface area contributed by atoms with Gasteiger partial charge in [-0.15, -0.1) is 0 Å². The van der Waals surface area contributed by atoms with Crippen molar-refractivity contribution >= 4 is 0 Å². The van der Waals surface area contributed by atoms with Gasteiger partial charge in [-0.1, -0.05) is 0 Å². The molecule has 1 aromatic heterocycles. The summed E-state index contributed by atoms with van der Waals surface area (Å²) in [6.07, 6.45) is 0. The molecule has 0 atom stereocenters. The smallest absolute Gasteiger partial charge is 0.123 e. The minimum atomic E-state index is 0.524. The standard InChI is InChI=1S/C16H18N2O2/c1-12-10-13(2)18(16(12)11-17)8-9-20-15-6-4-14(19-3)5-7-15/h4-7,10H,8-9H2,1-3H3. The number of aryl methyl sites for hydroxylation is 2. The van der Waals surface area contributed by atoms with Crippen molar-refractivity contribution in [2.24, 2.45) is 0 Å². The fraction of sp³-hybridized carbons (Fsp3) is 0.312. The van der Waals surface area contributed by atoms with Crippen molar-refractivity contribution in [2.75, 3.05) is 13.7 Å². The van der Waals surface area contributed by atoms with Gasteiger partial charge in [0.1, 0.15) is 29.9 Å². The third kappa shape index (κ3) is 2.94. The van der Waals surface area contributed by atoms with E-state index in [2.05, 4.69) is 6.07 Å². The third-order valence-corrected chi connectivity index (χ3v) is 3.24. The molecule has 0 saturated heterocycles. The van der Waals surface area contributed by atoms with Gasteiger partial charge in [-0.2, -0.15) is 5.26 Å². The first-order valence-electron chi connectivity index (χ1n) is 6.49. The molecule has 1 heterocycles. The molecule has 104 valence electrons. The van der Waals surface area contributed by atoms with Crippen molar-refractivity contribution in [2.45, 2.75) is 20.4 Å². The first-order chi connectivity index (χ1) is 9.65. The fourth-order valence-corrected chi connectivity index (χ4v) is 2.21. The summed E-state index contributed by atoms with van der Waals surface area (Å²) in [6.45, 7) is 5.14. The van der Waals surface area contributed by atoms with Gasteiger partial charge in [0.05, 0.1) is 13.7 Å². The van der Waals surface area contributed by atoms with Gasteiger partial charge in [0.15, 0.2) is 0 Å². The lowest BCUT2D eigenvalue weighted by molar-refractivity contribution is 0.296. The van der Waals surface area contributed by atoms with Crippen LogP contribution in [0.3, 0.4) is 0 Å². The minimum absolute atomic E-state index is 0.524. The average Bonchev–Trinajstić information content (AvgIpc) is 2.73. The topological polar surface area (TPSA) is 47.2 Å². The zero-order valence-corrected chi connectivity index (χ0v) is 12.0. The SMILES string of the molecule is COc1ccc(OCCn2c(C)cc(C)c2C#N)cc1. The first kappa shape index (κ1) is 14.0. The summed E-state index contributed by atoms with van der Waals surface area (Å²) in [6, 6.07) is 11.7. The summed E-state index contributed by atoms with van der Waals surface area (Å²) in [4.78, 5) is 0. The number of benzene rings is 1. The number of hydrogen-bond donors (Lipinski definition) is 0. The Labute approximate surface area is 119 Å². The second-order valence-corrected chi connectivity index (χ2v) is 4.60. The largest absolute Gasteiger partial charge is 0.497 e. The monoisotopic (exact) mass is 270 g/mol. The number of aromatic nitrogens is 1. The Morgan fingerprint density at radius 3 is 2.40 bits per heavy atom. The van der Waals surface area contributed by atoms with Crippen molar-refractivity contribution < 1.29 is 9.47 Å². The molecule has 0 saturated carbocycles. The van der Waals surface area contributed by atoms with Gasteiger partial charge in [-0.3, -0.25) is 0 Å². The Kier molecular flexibility index (Phi) is 4.31. The number of nitriles is 1. The summed E-state index contributed by atoms with van der Waals surface area (Å²) in [5, 5.41) is 9.16. The minimum Gasteiger partial charge on any atom is -0.497 e. The highest BCUT2D eigenvalue weighted by Crippen LogP contribution is 2.18. The Morgan fingerprint density at radius 2 is 1.80 bits per heavy atom. The maximum Gasteiger partial charge on any atom is 0.123 e. The van der Waals surface area contributed by atoms with Crippen LogP contribution in [0.2, 0.25) is 0 Å². The molecule has 0 bridgehead atoms. The van der Waals surface area contributed by atoms with E-state index in [-0.39, 0.29) is 0 Å². The van der Waals surface area contributed by atoms with Crippen LogP contribution in [0.1, 0.15) is 17.0 Å². The quantitative estimate of drug-likeness (QED) is 0.839. The van der Waals surface area contributed by atoms with Gasteiger partial charge in [0.25, 0.3) is 0 Å². The molecule has 1 aromatic carbocycles. The highest BCUT2D eigenvalue weighted by atomic mass is 16.5. The molecule has 0 aliphatic carbocycles. The summed E-state index contributed by atoms with van der Waals surface area (Å²) >= 11 is 0. The summed E-state index contributed by atoms with van der Waals surface area (Å²) < 4.78 is 12.8. The van der Waals surface area contributed by atoms with E-state index in [1.807, 2.05) is 48.7 Å². The summed E-state index contributed by atoms with van der Waals surface area (Å²) in [5.74, 6) is 1.60. The second-order valence-electron chi connectivity index (χ2n) is 4.60. The van der Waals surface area contributed by atoms with Crippen LogP contribution >= 0.6 is 0 Å². The van der Waals surface area contributed by atoms with E-state index < -0.39 is 0 Å². The molecular weight excluding hydrogens is 252 g/mol. The number of methoxy groups -OCH3 is 1. The van der Waals surface area contributed by atoms with Crippen molar-refractivity contribution in [3.05, 3.63) is 47.3 Å². The van der Waals surface area contributed by atoms with Gasteiger partial charge < -0.3 is 14.0 Å². The predicted octanol–water partition coefficient (Wildman–Crippen LogP) is 3.06. The average molecular weight is 270 g/mol. The van der Waals surface area contributed by atoms with Crippen LogP contribution in [0.4, 0.5) is 0 Å². The molecule has 4 nitrogen and oxygen atoms in total. The molecule has 0 spiro atoms. The lowest BCUT2D eigenvalue weighted by Crippen LogP contribution is -2.11. The van der Waals surface area contributed by atoms with Crippen LogP contribution in [0.25, 0.3) is 0 Å². The molecule has 0 aliphatic heterocycles. The highest BCUT2D eigenvalue weighted by Gasteiger charge is 2.08. The van der Waals surface area contributed by atoms with E-state index in [1.54, 1.807) is 7.11 Å². The van der Waals surface area contributed by atoms with Crippen LogP contribution in [0, 0.1) is 25.2 Å². The van der Waals surface area contributed by atoms with Gasteiger partial charge >= 0.3 is 0 Å². The van der Waals surface area contributed by atoms with Crippen LogP contribution in [0.5, 0.6) is 11.5 Å². The van der Waals surface area contributed by atoms with E-state index in [9.17, 15) is 0 Å². The Hall–Kier alpha value is -2.41.